The van der Waals surface area contributed by atoms with Gasteiger partial charge < -0.3 is 14.8 Å². The first-order valence-corrected chi connectivity index (χ1v) is 8.58. The fraction of sp³-hybridized carbons (Fsp3) is 0.136. The van der Waals surface area contributed by atoms with E-state index < -0.39 is 0 Å². The molecular formula is C22H21NO3. The molecule has 3 aromatic carbocycles. The zero-order chi connectivity index (χ0) is 18.2. The van der Waals surface area contributed by atoms with Crippen LogP contribution < -0.4 is 14.8 Å². The van der Waals surface area contributed by atoms with Crippen LogP contribution in [0.15, 0.2) is 78.9 Å². The van der Waals surface area contributed by atoms with Crippen molar-refractivity contribution in [3.63, 3.8) is 0 Å². The van der Waals surface area contributed by atoms with Crippen molar-refractivity contribution in [1.29, 1.82) is 0 Å². The molecule has 0 fully saturated rings. The Hall–Kier alpha value is -3.27. The van der Waals surface area contributed by atoms with Crippen LogP contribution in [-0.2, 0) is 11.2 Å². The van der Waals surface area contributed by atoms with Gasteiger partial charge in [-0.1, -0.05) is 55.5 Å². The average Bonchev–Trinajstić information content (AvgIpc) is 2.69. The van der Waals surface area contributed by atoms with Crippen LogP contribution in [0, 0.1) is 0 Å². The summed E-state index contributed by atoms with van der Waals surface area (Å²) in [5.41, 5.74) is 1.68. The van der Waals surface area contributed by atoms with Gasteiger partial charge in [0.2, 0.25) is 0 Å². The van der Waals surface area contributed by atoms with Crippen LogP contribution in [0.25, 0.3) is 0 Å². The summed E-state index contributed by atoms with van der Waals surface area (Å²) in [6.07, 6.45) is 0.853. The number of hydrogen-bond acceptors (Lipinski definition) is 3. The second-order valence-electron chi connectivity index (χ2n) is 5.71. The average molecular weight is 347 g/mol. The number of hydrogen-bond donors (Lipinski definition) is 1. The lowest BCUT2D eigenvalue weighted by atomic mass is 10.1. The van der Waals surface area contributed by atoms with Crippen LogP contribution in [0.4, 0.5) is 5.69 Å². The molecular weight excluding hydrogens is 326 g/mol. The first-order valence-electron chi connectivity index (χ1n) is 8.58. The predicted octanol–water partition coefficient (Wildman–Crippen LogP) is 5.06. The first kappa shape index (κ1) is 17.5. The number of carbonyl (C=O) groups is 1. The summed E-state index contributed by atoms with van der Waals surface area (Å²) < 4.78 is 11.5. The Labute approximate surface area is 153 Å². The van der Waals surface area contributed by atoms with Crippen LogP contribution in [0.5, 0.6) is 17.2 Å². The summed E-state index contributed by atoms with van der Waals surface area (Å²) in [6, 6.07) is 24.5. The molecule has 132 valence electrons. The molecule has 1 N–H and O–H groups in total. The number of anilines is 1. The van der Waals surface area contributed by atoms with E-state index in [-0.39, 0.29) is 12.5 Å². The smallest absolute Gasteiger partial charge is 0.262 e. The summed E-state index contributed by atoms with van der Waals surface area (Å²) in [6.45, 7) is 2.00. The molecule has 3 rings (SSSR count). The van der Waals surface area contributed by atoms with Gasteiger partial charge in [-0.15, -0.1) is 0 Å². The minimum atomic E-state index is -0.236. The minimum absolute atomic E-state index is 0.0588. The quantitative estimate of drug-likeness (QED) is 0.650. The summed E-state index contributed by atoms with van der Waals surface area (Å²) in [5.74, 6) is 1.79. The lowest BCUT2D eigenvalue weighted by Crippen LogP contribution is -2.20. The summed E-state index contributed by atoms with van der Waals surface area (Å²) in [7, 11) is 0. The molecule has 0 aromatic heterocycles. The van der Waals surface area contributed by atoms with Crippen molar-refractivity contribution >= 4 is 11.6 Å². The predicted molar refractivity (Wildman–Crippen MR) is 103 cm³/mol. The van der Waals surface area contributed by atoms with Crippen molar-refractivity contribution in [2.45, 2.75) is 13.3 Å². The fourth-order valence-electron chi connectivity index (χ4n) is 2.54. The normalized spacial score (nSPS) is 10.2. The van der Waals surface area contributed by atoms with Crippen molar-refractivity contribution in [2.24, 2.45) is 0 Å². The van der Waals surface area contributed by atoms with Gasteiger partial charge in [0.15, 0.2) is 12.4 Å². The second-order valence-corrected chi connectivity index (χ2v) is 5.71. The molecule has 3 aromatic rings. The van der Waals surface area contributed by atoms with E-state index in [9.17, 15) is 4.79 Å². The Bertz CT molecular complexity index is 862. The molecule has 0 bridgehead atoms. The van der Waals surface area contributed by atoms with Crippen molar-refractivity contribution in [3.05, 3.63) is 84.4 Å². The van der Waals surface area contributed by atoms with E-state index >= 15 is 0 Å². The zero-order valence-corrected chi connectivity index (χ0v) is 14.6. The van der Waals surface area contributed by atoms with Crippen LogP contribution >= 0.6 is 0 Å². The van der Waals surface area contributed by atoms with Gasteiger partial charge in [-0.25, -0.2) is 0 Å². The molecule has 1 amide bonds. The molecule has 0 aliphatic carbocycles. The topological polar surface area (TPSA) is 47.6 Å². The minimum Gasteiger partial charge on any atom is -0.483 e. The molecule has 0 aliphatic rings. The van der Waals surface area contributed by atoms with E-state index in [1.807, 2.05) is 72.8 Å². The number of carbonyl (C=O) groups excluding carboxylic acids is 1. The Morgan fingerprint density at radius 3 is 2.27 bits per heavy atom. The number of benzene rings is 3. The van der Waals surface area contributed by atoms with Crippen molar-refractivity contribution < 1.29 is 14.3 Å². The fourth-order valence-corrected chi connectivity index (χ4v) is 2.54. The maximum Gasteiger partial charge on any atom is 0.262 e. The monoisotopic (exact) mass is 347 g/mol. The Morgan fingerprint density at radius 1 is 0.846 bits per heavy atom. The zero-order valence-electron chi connectivity index (χ0n) is 14.6. The molecule has 0 aliphatic heterocycles. The molecule has 0 heterocycles. The summed E-state index contributed by atoms with van der Waals surface area (Å²) >= 11 is 0. The van der Waals surface area contributed by atoms with E-state index in [1.165, 1.54) is 0 Å². The number of rotatable bonds is 7. The number of ether oxygens (including phenoxy) is 2. The molecule has 0 spiro atoms. The number of nitrogens with one attached hydrogen (secondary N) is 1. The maximum absolute atomic E-state index is 12.3. The van der Waals surface area contributed by atoms with E-state index in [1.54, 1.807) is 6.07 Å². The Morgan fingerprint density at radius 2 is 1.50 bits per heavy atom. The third-order valence-corrected chi connectivity index (χ3v) is 3.84. The first-order chi connectivity index (χ1) is 12.8. The van der Waals surface area contributed by atoms with Gasteiger partial charge in [0.25, 0.3) is 5.91 Å². The van der Waals surface area contributed by atoms with Gasteiger partial charge in [-0.3, -0.25) is 4.79 Å². The third kappa shape index (κ3) is 4.63. The Kier molecular flexibility index (Phi) is 5.88. The SMILES string of the molecule is CCc1ccccc1OCC(=O)Nc1ccccc1Oc1ccccc1. The lowest BCUT2D eigenvalue weighted by Gasteiger charge is -2.13. The van der Waals surface area contributed by atoms with Crippen molar-refractivity contribution in [2.75, 3.05) is 11.9 Å². The highest BCUT2D eigenvalue weighted by molar-refractivity contribution is 5.93. The third-order valence-electron chi connectivity index (χ3n) is 3.84. The molecule has 4 nitrogen and oxygen atoms in total. The van der Waals surface area contributed by atoms with Crippen molar-refractivity contribution in [3.8, 4) is 17.2 Å². The van der Waals surface area contributed by atoms with Crippen LogP contribution in [-0.4, -0.2) is 12.5 Å². The molecule has 0 radical (unpaired) electrons. The van der Waals surface area contributed by atoms with Gasteiger partial charge in [-0.05, 0) is 42.3 Å². The van der Waals surface area contributed by atoms with E-state index in [0.29, 0.717) is 17.2 Å². The highest BCUT2D eigenvalue weighted by atomic mass is 16.5. The van der Waals surface area contributed by atoms with Gasteiger partial charge in [0, 0.05) is 0 Å². The van der Waals surface area contributed by atoms with E-state index in [4.69, 9.17) is 9.47 Å². The summed E-state index contributed by atoms with van der Waals surface area (Å²) in [4.78, 5) is 12.3. The van der Waals surface area contributed by atoms with E-state index in [0.717, 1.165) is 17.7 Å². The number of aryl methyl sites for hydroxylation is 1. The highest BCUT2D eigenvalue weighted by Crippen LogP contribution is 2.29. The van der Waals surface area contributed by atoms with Crippen molar-refractivity contribution in [1.82, 2.24) is 0 Å². The van der Waals surface area contributed by atoms with Crippen LogP contribution in [0.1, 0.15) is 12.5 Å². The second kappa shape index (κ2) is 8.72. The lowest BCUT2D eigenvalue weighted by molar-refractivity contribution is -0.118. The molecule has 26 heavy (non-hydrogen) atoms. The standard InChI is InChI=1S/C22H21NO3/c1-2-17-10-6-8-14-20(17)25-16-22(24)23-19-13-7-9-15-21(19)26-18-11-4-3-5-12-18/h3-15H,2,16H2,1H3,(H,23,24). The molecule has 0 unspecified atom stereocenters. The van der Waals surface area contributed by atoms with E-state index in [2.05, 4.69) is 12.2 Å². The largest absolute Gasteiger partial charge is 0.483 e. The van der Waals surface area contributed by atoms with Gasteiger partial charge in [0.05, 0.1) is 5.69 Å². The van der Waals surface area contributed by atoms with Crippen LogP contribution in [0.3, 0.4) is 0 Å². The van der Waals surface area contributed by atoms with Gasteiger partial charge in [-0.2, -0.15) is 0 Å². The molecule has 0 saturated heterocycles. The maximum atomic E-state index is 12.3. The molecule has 0 saturated carbocycles. The van der Waals surface area contributed by atoms with Gasteiger partial charge >= 0.3 is 0 Å². The summed E-state index contributed by atoms with van der Waals surface area (Å²) in [5, 5.41) is 2.85. The highest BCUT2D eigenvalue weighted by Gasteiger charge is 2.10. The van der Waals surface area contributed by atoms with Crippen LogP contribution in [0.2, 0.25) is 0 Å². The number of amides is 1. The molecule has 4 heteroatoms. The number of para-hydroxylation sites is 4. The molecule has 0 atom stereocenters. The van der Waals surface area contributed by atoms with Gasteiger partial charge in [0.1, 0.15) is 11.5 Å². The Balaban J connectivity index is 1.64.